The van der Waals surface area contributed by atoms with Crippen LogP contribution in [-0.2, 0) is 11.0 Å². The van der Waals surface area contributed by atoms with Gasteiger partial charge in [0.2, 0.25) is 0 Å². The maximum atomic E-state index is 14.2. The molecule has 0 amide bonds. The normalized spacial score (nSPS) is 10.8. The molecule has 0 aliphatic rings. The summed E-state index contributed by atoms with van der Waals surface area (Å²) in [7, 11) is -4.18. The van der Waals surface area contributed by atoms with E-state index in [0.29, 0.717) is 17.2 Å². The number of phosphoric acid groups is 1. The number of rotatable bonds is 10. The average molecular weight is 621 g/mol. The number of hydrogen-bond acceptors (Lipinski definition) is 4. The lowest BCUT2D eigenvalue weighted by Gasteiger charge is -2.20. The Kier molecular flexibility index (Phi) is 9.64. The molecule has 0 aliphatic carbocycles. The molecule has 0 atom stereocenters. The van der Waals surface area contributed by atoms with E-state index < -0.39 is 7.82 Å². The molecule has 5 heteroatoms. The topological polar surface area (TPSA) is 44.8 Å². The summed E-state index contributed by atoms with van der Waals surface area (Å²) in [6, 6.07) is 50.1. The Balaban J connectivity index is 1.21. The second kappa shape index (κ2) is 14.5. The Labute approximate surface area is 270 Å². The SMILES string of the molecule is CCCc1ccc(C#Cc2ccc(OP(=O)(Oc3ccc(-c4ccccc4)cc3)Oc3ccc(-c4ccccc4)cc3)cc2)cc1. The third kappa shape index (κ3) is 8.16. The Morgan fingerprint density at radius 1 is 0.457 bits per heavy atom. The highest BCUT2D eigenvalue weighted by atomic mass is 31.2. The summed E-state index contributed by atoms with van der Waals surface area (Å²) in [5.74, 6) is 7.43. The summed E-state index contributed by atoms with van der Waals surface area (Å²) in [6.07, 6.45) is 2.17. The molecule has 226 valence electrons. The maximum absolute atomic E-state index is 14.2. The minimum atomic E-state index is -4.18. The van der Waals surface area contributed by atoms with Gasteiger partial charge in [-0.25, -0.2) is 0 Å². The second-order valence-corrected chi connectivity index (χ2v) is 12.2. The van der Waals surface area contributed by atoms with Crippen LogP contribution in [0.15, 0.2) is 158 Å². The van der Waals surface area contributed by atoms with Crippen molar-refractivity contribution in [1.82, 2.24) is 0 Å². The summed E-state index contributed by atoms with van der Waals surface area (Å²) in [6.45, 7) is 2.17. The number of phosphoric ester groups is 1. The maximum Gasteiger partial charge on any atom is 0.647 e. The molecule has 0 heterocycles. The quantitative estimate of drug-likeness (QED) is 0.113. The molecule has 6 aromatic carbocycles. The molecule has 0 aromatic heterocycles. The van der Waals surface area contributed by atoms with Crippen molar-refractivity contribution in [3.8, 4) is 51.3 Å². The Morgan fingerprint density at radius 3 is 1.20 bits per heavy atom. The fraction of sp³-hybridized carbons (Fsp3) is 0.0732. The van der Waals surface area contributed by atoms with E-state index in [0.717, 1.165) is 46.2 Å². The van der Waals surface area contributed by atoms with Gasteiger partial charge in [0.1, 0.15) is 17.2 Å². The molecule has 46 heavy (non-hydrogen) atoms. The molecule has 4 nitrogen and oxygen atoms in total. The number of hydrogen-bond donors (Lipinski definition) is 0. The van der Waals surface area contributed by atoms with Gasteiger partial charge in [-0.3, -0.25) is 0 Å². The van der Waals surface area contributed by atoms with Crippen LogP contribution in [0.3, 0.4) is 0 Å². The van der Waals surface area contributed by atoms with Gasteiger partial charge in [-0.1, -0.05) is 122 Å². The zero-order chi connectivity index (χ0) is 31.6. The largest absolute Gasteiger partial charge is 0.647 e. The van der Waals surface area contributed by atoms with Gasteiger partial charge in [0.25, 0.3) is 0 Å². The van der Waals surface area contributed by atoms with Crippen LogP contribution >= 0.6 is 7.82 Å². The molecule has 0 N–H and O–H groups in total. The second-order valence-electron chi connectivity index (χ2n) is 10.7. The first-order valence-electron chi connectivity index (χ1n) is 15.3. The van der Waals surface area contributed by atoms with E-state index >= 15 is 0 Å². The standard InChI is InChI=1S/C41H33O4P/c1-2-9-32-14-16-33(17-15-32)18-19-34-20-26-39(27-21-34)43-46(42,44-40-28-22-37(23-29-40)35-10-5-3-6-11-35)45-41-30-24-38(25-31-41)36-12-7-4-8-13-36/h3-8,10-17,20-31H,2,9H2,1H3. The lowest BCUT2D eigenvalue weighted by molar-refractivity contribution is 0.298. The van der Waals surface area contributed by atoms with Crippen molar-refractivity contribution >= 4 is 7.82 Å². The van der Waals surface area contributed by atoms with Gasteiger partial charge < -0.3 is 13.6 Å². The molecule has 6 aromatic rings. The number of aryl methyl sites for hydroxylation is 1. The molecule has 0 spiro atoms. The van der Waals surface area contributed by atoms with Crippen molar-refractivity contribution in [3.63, 3.8) is 0 Å². The summed E-state index contributed by atoms with van der Waals surface area (Å²) < 4.78 is 32.1. The predicted octanol–water partition coefficient (Wildman–Crippen LogP) is 11.0. The van der Waals surface area contributed by atoms with Crippen molar-refractivity contribution in [3.05, 3.63) is 174 Å². The van der Waals surface area contributed by atoms with Gasteiger partial charge >= 0.3 is 7.82 Å². The molecular formula is C41H33O4P. The van der Waals surface area contributed by atoms with Crippen LogP contribution in [0.5, 0.6) is 17.2 Å². The van der Waals surface area contributed by atoms with E-state index in [1.165, 1.54) is 5.56 Å². The highest BCUT2D eigenvalue weighted by Crippen LogP contribution is 2.50. The molecule has 0 saturated carbocycles. The van der Waals surface area contributed by atoms with Crippen LogP contribution in [0.2, 0.25) is 0 Å². The molecule has 0 bridgehead atoms. The van der Waals surface area contributed by atoms with E-state index in [2.05, 4.69) is 30.9 Å². The first-order valence-corrected chi connectivity index (χ1v) is 16.7. The fourth-order valence-corrected chi connectivity index (χ4v) is 6.16. The minimum absolute atomic E-state index is 0.333. The Bertz CT molecular complexity index is 1870. The van der Waals surface area contributed by atoms with Gasteiger partial charge in [0.05, 0.1) is 0 Å². The Morgan fingerprint density at radius 2 is 0.804 bits per heavy atom. The van der Waals surface area contributed by atoms with Crippen molar-refractivity contribution in [1.29, 1.82) is 0 Å². The van der Waals surface area contributed by atoms with Crippen LogP contribution in [0, 0.1) is 11.8 Å². The van der Waals surface area contributed by atoms with E-state index in [4.69, 9.17) is 13.6 Å². The zero-order valence-corrected chi connectivity index (χ0v) is 26.4. The predicted molar refractivity (Wildman–Crippen MR) is 186 cm³/mol. The highest BCUT2D eigenvalue weighted by Gasteiger charge is 2.33. The van der Waals surface area contributed by atoms with E-state index in [1.54, 1.807) is 36.4 Å². The number of benzene rings is 6. The molecule has 0 fully saturated rings. The van der Waals surface area contributed by atoms with Crippen molar-refractivity contribution in [2.24, 2.45) is 0 Å². The molecule has 0 unspecified atom stereocenters. The van der Waals surface area contributed by atoms with Crippen LogP contribution in [0.4, 0.5) is 0 Å². The van der Waals surface area contributed by atoms with E-state index in [-0.39, 0.29) is 0 Å². The zero-order valence-electron chi connectivity index (χ0n) is 25.5. The van der Waals surface area contributed by atoms with E-state index in [1.807, 2.05) is 109 Å². The third-order valence-electron chi connectivity index (χ3n) is 7.27. The Hall–Kier alpha value is -5.49. The third-order valence-corrected chi connectivity index (χ3v) is 8.58. The smallest absolute Gasteiger partial charge is 0.386 e. The van der Waals surface area contributed by atoms with Gasteiger partial charge in [-0.05, 0) is 94.9 Å². The molecule has 0 aliphatic heterocycles. The molecular weight excluding hydrogens is 587 g/mol. The highest BCUT2D eigenvalue weighted by molar-refractivity contribution is 7.49. The average Bonchev–Trinajstić information content (AvgIpc) is 3.10. The van der Waals surface area contributed by atoms with Gasteiger partial charge in [0, 0.05) is 11.1 Å². The summed E-state index contributed by atoms with van der Waals surface area (Å²) in [5, 5.41) is 0. The lowest BCUT2D eigenvalue weighted by atomic mass is 10.1. The van der Waals surface area contributed by atoms with Gasteiger partial charge in [-0.15, -0.1) is 0 Å². The van der Waals surface area contributed by atoms with Gasteiger partial charge in [-0.2, -0.15) is 4.57 Å². The molecule has 0 radical (unpaired) electrons. The van der Waals surface area contributed by atoms with Crippen molar-refractivity contribution in [2.75, 3.05) is 0 Å². The molecule has 6 rings (SSSR count). The van der Waals surface area contributed by atoms with Crippen LogP contribution < -0.4 is 13.6 Å². The minimum Gasteiger partial charge on any atom is -0.386 e. The van der Waals surface area contributed by atoms with Crippen molar-refractivity contribution < 1.29 is 18.1 Å². The van der Waals surface area contributed by atoms with Crippen LogP contribution in [0.25, 0.3) is 22.3 Å². The molecule has 0 saturated heterocycles. The summed E-state index contributed by atoms with van der Waals surface area (Å²) in [5.41, 5.74) is 7.21. The fourth-order valence-electron chi connectivity index (χ4n) is 4.91. The summed E-state index contributed by atoms with van der Waals surface area (Å²) in [4.78, 5) is 0. The van der Waals surface area contributed by atoms with Crippen LogP contribution in [-0.4, -0.2) is 0 Å². The van der Waals surface area contributed by atoms with Crippen molar-refractivity contribution in [2.45, 2.75) is 19.8 Å². The van der Waals surface area contributed by atoms with E-state index in [9.17, 15) is 4.57 Å². The first kappa shape index (κ1) is 30.5. The lowest BCUT2D eigenvalue weighted by Crippen LogP contribution is -2.07. The summed E-state index contributed by atoms with van der Waals surface area (Å²) >= 11 is 0. The van der Waals surface area contributed by atoms with Gasteiger partial charge in [0.15, 0.2) is 0 Å². The van der Waals surface area contributed by atoms with Crippen LogP contribution in [0.1, 0.15) is 30.0 Å². The first-order chi connectivity index (χ1) is 22.5. The monoisotopic (exact) mass is 620 g/mol.